The van der Waals surface area contributed by atoms with Gasteiger partial charge in [0.15, 0.2) is 11.6 Å². The number of hydrogen-bond donors (Lipinski definition) is 1. The highest BCUT2D eigenvalue weighted by Gasteiger charge is 2.44. The molecule has 1 N–H and O–H groups in total. The zero-order valence-corrected chi connectivity index (χ0v) is 22.5. The molecule has 0 atom stereocenters. The minimum Gasteiger partial charge on any atom is -0.489 e. The molecule has 0 saturated carbocycles. The Morgan fingerprint density at radius 3 is 2.19 bits per heavy atom. The Labute approximate surface area is 225 Å². The second-order valence-electron chi connectivity index (χ2n) is 9.96. The first-order chi connectivity index (χ1) is 17.8. The number of carboxylic acid groups (broad SMARTS) is 1. The SMILES string of the molecule is Cc1ccc(COc2ccc(Br)cc2C2C3=C(CCCC3=O)N(CCC(=O)O)C3=C2C(=O)CCC3)cc1. The molecule has 2 aliphatic carbocycles. The Kier molecular flexibility index (Phi) is 7.33. The Hall–Kier alpha value is -3.19. The quantitative estimate of drug-likeness (QED) is 0.430. The van der Waals surface area contributed by atoms with Crippen LogP contribution >= 0.6 is 15.9 Å². The number of nitrogens with zero attached hydrogens (tertiary/aromatic N) is 1. The van der Waals surface area contributed by atoms with Crippen molar-refractivity contribution in [3.63, 3.8) is 0 Å². The summed E-state index contributed by atoms with van der Waals surface area (Å²) in [6, 6.07) is 13.9. The van der Waals surface area contributed by atoms with E-state index in [9.17, 15) is 19.5 Å². The smallest absolute Gasteiger partial charge is 0.305 e. The van der Waals surface area contributed by atoms with Gasteiger partial charge in [-0.25, -0.2) is 0 Å². The average Bonchev–Trinajstić information content (AvgIpc) is 2.87. The number of benzene rings is 2. The molecule has 3 aliphatic rings. The van der Waals surface area contributed by atoms with Crippen molar-refractivity contribution in [1.29, 1.82) is 0 Å². The number of halogens is 1. The van der Waals surface area contributed by atoms with Crippen LogP contribution in [0.1, 0.15) is 67.6 Å². The van der Waals surface area contributed by atoms with Gasteiger partial charge < -0.3 is 14.7 Å². The Bertz CT molecular complexity index is 1280. The van der Waals surface area contributed by atoms with E-state index in [1.165, 1.54) is 5.56 Å². The Balaban J connectivity index is 1.63. The van der Waals surface area contributed by atoms with E-state index >= 15 is 0 Å². The first kappa shape index (κ1) is 25.5. The van der Waals surface area contributed by atoms with E-state index in [4.69, 9.17) is 4.74 Å². The van der Waals surface area contributed by atoms with Crippen molar-refractivity contribution in [3.8, 4) is 5.75 Å². The maximum Gasteiger partial charge on any atom is 0.305 e. The highest BCUT2D eigenvalue weighted by atomic mass is 79.9. The summed E-state index contributed by atoms with van der Waals surface area (Å²) in [4.78, 5) is 40.4. The molecule has 0 radical (unpaired) electrons. The van der Waals surface area contributed by atoms with E-state index in [-0.39, 0.29) is 24.5 Å². The number of ketones is 2. The van der Waals surface area contributed by atoms with Crippen molar-refractivity contribution < 1.29 is 24.2 Å². The number of carboxylic acids is 1. The standard InChI is InChI=1S/C30H30BrNO5/c1-18-8-10-19(11-9-18)17-37-26-13-12-20(31)16-21(26)28-29-22(4-2-6-24(29)33)32(15-14-27(35)36)23-5-3-7-25(34)30(23)28/h8-13,16,28H,2-7,14-15,17H2,1H3,(H,35,36). The van der Waals surface area contributed by atoms with Crippen molar-refractivity contribution in [1.82, 2.24) is 4.90 Å². The predicted molar refractivity (Wildman–Crippen MR) is 143 cm³/mol. The molecule has 1 heterocycles. The van der Waals surface area contributed by atoms with Gasteiger partial charge in [0.25, 0.3) is 0 Å². The molecule has 5 rings (SSSR count). The minimum atomic E-state index is -0.894. The lowest BCUT2D eigenvalue weighted by Crippen LogP contribution is -2.40. The molecule has 2 aromatic carbocycles. The van der Waals surface area contributed by atoms with Gasteiger partial charge in [0.05, 0.1) is 6.42 Å². The third kappa shape index (κ3) is 5.14. The van der Waals surface area contributed by atoms with Crippen LogP contribution in [-0.2, 0) is 21.0 Å². The van der Waals surface area contributed by atoms with Gasteiger partial charge in [-0.05, 0) is 56.4 Å². The minimum absolute atomic E-state index is 0.0287. The van der Waals surface area contributed by atoms with Crippen LogP contribution in [0.25, 0.3) is 0 Å². The van der Waals surface area contributed by atoms with Crippen LogP contribution in [0.4, 0.5) is 0 Å². The molecule has 0 bridgehead atoms. The second kappa shape index (κ2) is 10.7. The molecule has 192 valence electrons. The first-order valence-electron chi connectivity index (χ1n) is 12.8. The van der Waals surface area contributed by atoms with Gasteiger partial charge in [-0.2, -0.15) is 0 Å². The number of ether oxygens (including phenoxy) is 1. The number of aryl methyl sites for hydroxylation is 1. The molecule has 0 fully saturated rings. The fourth-order valence-electron chi connectivity index (χ4n) is 5.73. The van der Waals surface area contributed by atoms with Gasteiger partial charge in [0.2, 0.25) is 0 Å². The molecule has 0 aromatic heterocycles. The van der Waals surface area contributed by atoms with E-state index in [1.54, 1.807) is 0 Å². The largest absolute Gasteiger partial charge is 0.489 e. The molecule has 2 aromatic rings. The third-order valence-electron chi connectivity index (χ3n) is 7.43. The van der Waals surface area contributed by atoms with Gasteiger partial charge in [-0.3, -0.25) is 14.4 Å². The topological polar surface area (TPSA) is 83.9 Å². The zero-order valence-electron chi connectivity index (χ0n) is 20.9. The maximum absolute atomic E-state index is 13.5. The van der Waals surface area contributed by atoms with E-state index in [0.29, 0.717) is 49.2 Å². The summed E-state index contributed by atoms with van der Waals surface area (Å²) in [6.45, 7) is 2.67. The van der Waals surface area contributed by atoms with Gasteiger partial charge in [-0.15, -0.1) is 0 Å². The summed E-state index contributed by atoms with van der Waals surface area (Å²) in [5, 5.41) is 9.39. The van der Waals surface area contributed by atoms with Crippen molar-refractivity contribution in [2.24, 2.45) is 0 Å². The number of aliphatic carboxylic acids is 1. The lowest BCUT2D eigenvalue weighted by molar-refractivity contribution is -0.137. The fraction of sp³-hybridized carbons (Fsp3) is 0.367. The normalized spacial score (nSPS) is 18.2. The molecular formula is C30H30BrNO5. The van der Waals surface area contributed by atoms with Crippen LogP contribution in [0.15, 0.2) is 69.5 Å². The van der Waals surface area contributed by atoms with Gasteiger partial charge >= 0.3 is 5.97 Å². The zero-order chi connectivity index (χ0) is 26.1. The molecule has 0 amide bonds. The van der Waals surface area contributed by atoms with Crippen LogP contribution in [0.2, 0.25) is 0 Å². The van der Waals surface area contributed by atoms with E-state index in [0.717, 1.165) is 39.8 Å². The Morgan fingerprint density at radius 1 is 0.973 bits per heavy atom. The molecule has 0 unspecified atom stereocenters. The first-order valence-corrected chi connectivity index (χ1v) is 13.6. The predicted octanol–water partition coefficient (Wildman–Crippen LogP) is 6.22. The highest BCUT2D eigenvalue weighted by Crippen LogP contribution is 2.51. The number of Topliss-reactive ketones (excluding diaryl/α,β-unsaturated/α-hetero) is 2. The molecule has 0 saturated heterocycles. The van der Waals surface area contributed by atoms with Crippen molar-refractivity contribution in [2.45, 2.75) is 64.4 Å². The summed E-state index contributed by atoms with van der Waals surface area (Å²) in [6.07, 6.45) is 3.62. The molecule has 1 aliphatic heterocycles. The van der Waals surface area contributed by atoms with Crippen molar-refractivity contribution in [2.75, 3.05) is 6.54 Å². The van der Waals surface area contributed by atoms with Crippen molar-refractivity contribution >= 4 is 33.5 Å². The van der Waals surface area contributed by atoms with Crippen LogP contribution < -0.4 is 4.74 Å². The lowest BCUT2D eigenvalue weighted by atomic mass is 9.70. The Morgan fingerprint density at radius 2 is 1.59 bits per heavy atom. The van der Waals surface area contributed by atoms with Crippen molar-refractivity contribution in [3.05, 3.63) is 86.2 Å². The van der Waals surface area contributed by atoms with E-state index in [1.807, 2.05) is 54.3 Å². The summed E-state index contributed by atoms with van der Waals surface area (Å²) in [5.41, 5.74) is 6.01. The second-order valence-corrected chi connectivity index (χ2v) is 10.9. The van der Waals surface area contributed by atoms with Crippen LogP contribution in [0.3, 0.4) is 0 Å². The molecular weight excluding hydrogens is 534 g/mol. The van der Waals surface area contributed by atoms with Crippen LogP contribution in [-0.4, -0.2) is 34.1 Å². The van der Waals surface area contributed by atoms with E-state index < -0.39 is 11.9 Å². The lowest BCUT2D eigenvalue weighted by Gasteiger charge is -2.44. The number of carbonyl (C=O) groups is 3. The number of carbonyl (C=O) groups excluding carboxylic acids is 2. The van der Waals surface area contributed by atoms with E-state index in [2.05, 4.69) is 15.9 Å². The molecule has 7 heteroatoms. The van der Waals surface area contributed by atoms with Crippen LogP contribution in [0.5, 0.6) is 5.75 Å². The summed E-state index contributed by atoms with van der Waals surface area (Å²) >= 11 is 3.59. The maximum atomic E-state index is 13.5. The summed E-state index contributed by atoms with van der Waals surface area (Å²) < 4.78 is 7.17. The highest BCUT2D eigenvalue weighted by molar-refractivity contribution is 9.10. The summed E-state index contributed by atoms with van der Waals surface area (Å²) in [7, 11) is 0. The molecule has 37 heavy (non-hydrogen) atoms. The fourth-order valence-corrected chi connectivity index (χ4v) is 6.11. The third-order valence-corrected chi connectivity index (χ3v) is 7.93. The van der Waals surface area contributed by atoms with Gasteiger partial charge in [0.1, 0.15) is 12.4 Å². The molecule has 6 nitrogen and oxygen atoms in total. The molecule has 0 spiro atoms. The number of hydrogen-bond acceptors (Lipinski definition) is 5. The average molecular weight is 564 g/mol. The number of rotatable bonds is 7. The number of allylic oxidation sites excluding steroid dienone is 4. The summed E-state index contributed by atoms with van der Waals surface area (Å²) in [5.74, 6) is -0.711. The monoisotopic (exact) mass is 563 g/mol. The van der Waals surface area contributed by atoms with Gasteiger partial charge in [0, 0.05) is 57.9 Å². The van der Waals surface area contributed by atoms with Gasteiger partial charge in [-0.1, -0.05) is 45.8 Å². The van der Waals surface area contributed by atoms with Crippen LogP contribution in [0, 0.1) is 6.92 Å².